The third kappa shape index (κ3) is 2.94. The molecule has 1 rings (SSSR count). The van der Waals surface area contributed by atoms with Crippen LogP contribution in [0, 0.1) is 0 Å². The predicted octanol–water partition coefficient (Wildman–Crippen LogP) is -0.631. The van der Waals surface area contributed by atoms with Gasteiger partial charge >= 0.3 is 5.97 Å². The van der Waals surface area contributed by atoms with Crippen molar-refractivity contribution >= 4 is 11.8 Å². The van der Waals surface area contributed by atoms with Crippen LogP contribution in [0.2, 0.25) is 0 Å². The van der Waals surface area contributed by atoms with E-state index in [2.05, 4.69) is 9.97 Å². The Hall–Kier alpha value is -1.85. The first-order chi connectivity index (χ1) is 6.08. The van der Waals surface area contributed by atoms with E-state index in [1.807, 2.05) is 0 Å². The van der Waals surface area contributed by atoms with E-state index in [1.54, 1.807) is 0 Å². The summed E-state index contributed by atoms with van der Waals surface area (Å²) in [7, 11) is 0. The molecule has 0 bridgehead atoms. The zero-order valence-corrected chi connectivity index (χ0v) is 6.78. The topological polar surface area (TPSA) is 109 Å². The molecule has 0 unspecified atom stereocenters. The van der Waals surface area contributed by atoms with Gasteiger partial charge in [0.05, 0.1) is 6.42 Å². The summed E-state index contributed by atoms with van der Waals surface area (Å²) < 4.78 is 0. The molecule has 1 heterocycles. The molecule has 0 radical (unpaired) electrons. The molecule has 4 N–H and O–H groups in total. The van der Waals surface area contributed by atoms with Crippen LogP contribution < -0.4 is 11.3 Å². The van der Waals surface area contributed by atoms with Crippen LogP contribution in [0.15, 0.2) is 10.9 Å². The second-order valence-corrected chi connectivity index (χ2v) is 2.51. The van der Waals surface area contributed by atoms with Crippen LogP contribution in [0.25, 0.3) is 0 Å². The zero-order chi connectivity index (χ0) is 9.84. The average molecular weight is 183 g/mol. The van der Waals surface area contributed by atoms with Gasteiger partial charge in [0.1, 0.15) is 11.6 Å². The van der Waals surface area contributed by atoms with Crippen molar-refractivity contribution in [2.45, 2.75) is 12.8 Å². The number of hydrogen-bond acceptors (Lipinski definition) is 4. The van der Waals surface area contributed by atoms with Crippen molar-refractivity contribution in [3.63, 3.8) is 0 Å². The molecule has 0 atom stereocenters. The number of nitrogens with two attached hydrogens (primary N) is 1. The van der Waals surface area contributed by atoms with Crippen LogP contribution in [0.4, 0.5) is 5.82 Å². The van der Waals surface area contributed by atoms with E-state index < -0.39 is 5.97 Å². The van der Waals surface area contributed by atoms with E-state index in [0.717, 1.165) is 6.07 Å². The molecule has 1 aromatic heterocycles. The Morgan fingerprint density at radius 1 is 1.69 bits per heavy atom. The Labute approximate surface area is 73.4 Å². The third-order valence-electron chi connectivity index (χ3n) is 1.39. The van der Waals surface area contributed by atoms with Crippen molar-refractivity contribution in [2.75, 3.05) is 5.73 Å². The molecule has 0 saturated heterocycles. The van der Waals surface area contributed by atoms with Crippen molar-refractivity contribution in [2.24, 2.45) is 0 Å². The van der Waals surface area contributed by atoms with Crippen molar-refractivity contribution in [1.82, 2.24) is 9.97 Å². The molecule has 13 heavy (non-hydrogen) atoms. The van der Waals surface area contributed by atoms with Gasteiger partial charge in [-0.1, -0.05) is 0 Å². The maximum atomic E-state index is 10.8. The van der Waals surface area contributed by atoms with E-state index in [-0.39, 0.29) is 24.2 Å². The summed E-state index contributed by atoms with van der Waals surface area (Å²) in [5, 5.41) is 8.36. The highest BCUT2D eigenvalue weighted by atomic mass is 16.4. The van der Waals surface area contributed by atoms with Crippen molar-refractivity contribution in [3.8, 4) is 0 Å². The number of nitrogens with one attached hydrogen (secondary N) is 1. The Balaban J connectivity index is 2.77. The van der Waals surface area contributed by atoms with Crippen LogP contribution in [0.5, 0.6) is 0 Å². The summed E-state index contributed by atoms with van der Waals surface area (Å²) in [5.41, 5.74) is 4.92. The normalized spacial score (nSPS) is 9.85. The van der Waals surface area contributed by atoms with Crippen LogP contribution in [-0.4, -0.2) is 21.0 Å². The van der Waals surface area contributed by atoms with Gasteiger partial charge in [-0.05, 0) is 0 Å². The molecule has 6 nitrogen and oxygen atoms in total. The lowest BCUT2D eigenvalue weighted by Crippen LogP contribution is -2.13. The van der Waals surface area contributed by atoms with Crippen molar-refractivity contribution < 1.29 is 9.90 Å². The maximum absolute atomic E-state index is 10.8. The van der Waals surface area contributed by atoms with E-state index in [0.29, 0.717) is 5.82 Å². The smallest absolute Gasteiger partial charge is 0.303 e. The van der Waals surface area contributed by atoms with Gasteiger partial charge in [0.15, 0.2) is 0 Å². The lowest BCUT2D eigenvalue weighted by atomic mass is 10.3. The minimum absolute atomic E-state index is 0.0770. The van der Waals surface area contributed by atoms with Gasteiger partial charge in [-0.2, -0.15) is 0 Å². The predicted molar refractivity (Wildman–Crippen MR) is 45.2 cm³/mol. The fourth-order valence-corrected chi connectivity index (χ4v) is 0.872. The van der Waals surface area contributed by atoms with E-state index in [9.17, 15) is 9.59 Å². The number of carboxylic acids is 1. The molecule has 0 fully saturated rings. The quantitative estimate of drug-likeness (QED) is 0.578. The second kappa shape index (κ2) is 3.70. The lowest BCUT2D eigenvalue weighted by Gasteiger charge is -1.98. The van der Waals surface area contributed by atoms with Gasteiger partial charge in [-0.15, -0.1) is 0 Å². The molecule has 0 spiro atoms. The first kappa shape index (κ1) is 9.24. The average Bonchev–Trinajstić information content (AvgIpc) is 1.99. The summed E-state index contributed by atoms with van der Waals surface area (Å²) in [6.07, 6.45) is 0.0992. The van der Waals surface area contributed by atoms with E-state index in [4.69, 9.17) is 10.8 Å². The first-order valence-corrected chi connectivity index (χ1v) is 3.65. The van der Waals surface area contributed by atoms with E-state index in [1.165, 1.54) is 0 Å². The minimum Gasteiger partial charge on any atom is -0.481 e. The number of aromatic amines is 1. The van der Waals surface area contributed by atoms with Gasteiger partial charge < -0.3 is 15.8 Å². The highest BCUT2D eigenvalue weighted by Crippen LogP contribution is 1.96. The summed E-state index contributed by atoms with van der Waals surface area (Å²) in [4.78, 5) is 27.2. The van der Waals surface area contributed by atoms with Crippen LogP contribution >= 0.6 is 0 Å². The van der Waals surface area contributed by atoms with Gasteiger partial charge in [0.2, 0.25) is 0 Å². The number of H-pyrrole nitrogens is 1. The standard InChI is InChI=1S/C7H9N3O3/c8-4-3-6(11)10-5(9-4)1-2-7(12)13/h3H,1-2H2,(H,12,13)(H3,8,9,10,11). The van der Waals surface area contributed by atoms with E-state index >= 15 is 0 Å². The first-order valence-electron chi connectivity index (χ1n) is 3.65. The minimum atomic E-state index is -0.940. The molecule has 0 aromatic carbocycles. The number of hydrogen-bond donors (Lipinski definition) is 3. The molecule has 0 aliphatic rings. The fourth-order valence-electron chi connectivity index (χ4n) is 0.872. The van der Waals surface area contributed by atoms with Crippen molar-refractivity contribution in [1.29, 1.82) is 0 Å². The second-order valence-electron chi connectivity index (χ2n) is 2.51. The number of aryl methyl sites for hydroxylation is 1. The Morgan fingerprint density at radius 2 is 2.38 bits per heavy atom. The zero-order valence-electron chi connectivity index (χ0n) is 6.78. The number of rotatable bonds is 3. The van der Waals surface area contributed by atoms with Crippen molar-refractivity contribution in [3.05, 3.63) is 22.2 Å². The maximum Gasteiger partial charge on any atom is 0.303 e. The van der Waals surface area contributed by atoms with Gasteiger partial charge in [-0.25, -0.2) is 4.98 Å². The number of nitrogens with zero attached hydrogens (tertiary/aromatic N) is 1. The number of anilines is 1. The molecule has 1 aromatic rings. The van der Waals surface area contributed by atoms with Crippen LogP contribution in [0.3, 0.4) is 0 Å². The molecule has 0 aliphatic carbocycles. The summed E-state index contributed by atoms with van der Waals surface area (Å²) in [5.74, 6) is -0.540. The molecular weight excluding hydrogens is 174 g/mol. The summed E-state index contributed by atoms with van der Waals surface area (Å²) in [6.45, 7) is 0. The van der Waals surface area contributed by atoms with Gasteiger partial charge in [0.25, 0.3) is 5.56 Å². The Kier molecular flexibility index (Phi) is 2.63. The van der Waals surface area contributed by atoms with Crippen LogP contribution in [-0.2, 0) is 11.2 Å². The number of carbonyl (C=O) groups is 1. The van der Waals surface area contributed by atoms with Gasteiger partial charge in [0, 0.05) is 12.5 Å². The molecule has 6 heteroatoms. The largest absolute Gasteiger partial charge is 0.481 e. The number of nitrogen functional groups attached to an aromatic ring is 1. The number of carboxylic acid groups (broad SMARTS) is 1. The highest BCUT2D eigenvalue weighted by molar-refractivity contribution is 5.66. The molecule has 0 aliphatic heterocycles. The Bertz CT molecular complexity index is 371. The highest BCUT2D eigenvalue weighted by Gasteiger charge is 2.02. The van der Waals surface area contributed by atoms with Gasteiger partial charge in [-0.3, -0.25) is 9.59 Å². The third-order valence-corrected chi connectivity index (χ3v) is 1.39. The molecular formula is C7H9N3O3. The summed E-state index contributed by atoms with van der Waals surface area (Å²) in [6, 6.07) is 1.14. The monoisotopic (exact) mass is 183 g/mol. The molecule has 0 saturated carbocycles. The number of aromatic nitrogens is 2. The molecule has 0 amide bonds. The van der Waals surface area contributed by atoms with Crippen LogP contribution in [0.1, 0.15) is 12.2 Å². The molecule has 70 valence electrons. The summed E-state index contributed by atoms with van der Waals surface area (Å²) >= 11 is 0. The lowest BCUT2D eigenvalue weighted by molar-refractivity contribution is -0.137. The Morgan fingerprint density at radius 3 is 2.92 bits per heavy atom. The fraction of sp³-hybridized carbons (Fsp3) is 0.286. The number of aliphatic carboxylic acids is 1. The SMILES string of the molecule is Nc1cc(=O)[nH]c(CCC(=O)O)n1.